The van der Waals surface area contributed by atoms with E-state index in [2.05, 4.69) is 0 Å². The molecule has 3 aromatic carbocycles. The molecule has 0 aromatic heterocycles. The first-order valence-electron chi connectivity index (χ1n) is 8.32. The van der Waals surface area contributed by atoms with E-state index in [-0.39, 0.29) is 12.8 Å². The van der Waals surface area contributed by atoms with E-state index in [1.807, 2.05) is 36.4 Å². The van der Waals surface area contributed by atoms with Gasteiger partial charge in [0.15, 0.2) is 12.2 Å². The van der Waals surface area contributed by atoms with Crippen LogP contribution in [0.2, 0.25) is 0 Å². The van der Waals surface area contributed by atoms with Crippen molar-refractivity contribution in [2.45, 2.75) is 25.0 Å². The number of ether oxygens (including phenoxy) is 2. The number of aliphatic carboxylic acids is 2. The smallest absolute Gasteiger partial charge is 0.345 e. The molecular formula is C20H14O6. The fourth-order valence-electron chi connectivity index (χ4n) is 4.01. The van der Waals surface area contributed by atoms with Crippen molar-refractivity contribution >= 4 is 33.5 Å². The van der Waals surface area contributed by atoms with Crippen molar-refractivity contribution in [1.82, 2.24) is 0 Å². The molecule has 2 aliphatic heterocycles. The van der Waals surface area contributed by atoms with Crippen molar-refractivity contribution in [3.05, 3.63) is 47.5 Å². The molecule has 0 bridgehead atoms. The Morgan fingerprint density at radius 2 is 1.19 bits per heavy atom. The van der Waals surface area contributed by atoms with Gasteiger partial charge in [-0.25, -0.2) is 9.59 Å². The van der Waals surface area contributed by atoms with E-state index in [4.69, 9.17) is 9.47 Å². The molecule has 2 atom stereocenters. The van der Waals surface area contributed by atoms with Crippen LogP contribution < -0.4 is 9.47 Å². The number of carboxylic acid groups (broad SMARTS) is 2. The lowest BCUT2D eigenvalue weighted by Crippen LogP contribution is -2.33. The Bertz CT molecular complexity index is 1030. The van der Waals surface area contributed by atoms with Crippen molar-refractivity contribution in [2.24, 2.45) is 0 Å². The van der Waals surface area contributed by atoms with Gasteiger partial charge in [-0.1, -0.05) is 36.4 Å². The summed E-state index contributed by atoms with van der Waals surface area (Å²) in [7, 11) is 0. The lowest BCUT2D eigenvalue weighted by atomic mass is 9.88. The summed E-state index contributed by atoms with van der Waals surface area (Å²) in [6.45, 7) is 0. The lowest BCUT2D eigenvalue weighted by molar-refractivity contribution is -0.146. The minimum Gasteiger partial charge on any atom is -0.478 e. The third kappa shape index (κ3) is 1.92. The average molecular weight is 350 g/mol. The number of hydrogen-bond acceptors (Lipinski definition) is 4. The van der Waals surface area contributed by atoms with Crippen LogP contribution in [0.5, 0.6) is 11.5 Å². The second-order valence-corrected chi connectivity index (χ2v) is 6.64. The lowest BCUT2D eigenvalue weighted by Gasteiger charge is -2.30. The predicted molar refractivity (Wildman–Crippen MR) is 93.0 cm³/mol. The second-order valence-electron chi connectivity index (χ2n) is 6.64. The highest BCUT2D eigenvalue weighted by molar-refractivity contribution is 6.14. The van der Waals surface area contributed by atoms with Gasteiger partial charge in [-0.15, -0.1) is 0 Å². The average Bonchev–Trinajstić information content (AvgIpc) is 2.64. The number of rotatable bonds is 2. The van der Waals surface area contributed by atoms with Crippen LogP contribution in [-0.4, -0.2) is 34.4 Å². The van der Waals surface area contributed by atoms with E-state index in [1.165, 1.54) is 0 Å². The Hall–Kier alpha value is -3.28. The van der Waals surface area contributed by atoms with Crippen molar-refractivity contribution in [1.29, 1.82) is 0 Å². The minimum absolute atomic E-state index is 0.257. The zero-order valence-corrected chi connectivity index (χ0v) is 13.6. The third-order valence-corrected chi connectivity index (χ3v) is 5.13. The van der Waals surface area contributed by atoms with Crippen molar-refractivity contribution in [2.75, 3.05) is 0 Å². The van der Waals surface area contributed by atoms with Crippen LogP contribution in [0.15, 0.2) is 36.4 Å². The molecule has 0 radical (unpaired) electrons. The molecule has 26 heavy (non-hydrogen) atoms. The van der Waals surface area contributed by atoms with Gasteiger partial charge in [0.25, 0.3) is 0 Å². The van der Waals surface area contributed by atoms with E-state index in [9.17, 15) is 19.8 Å². The topological polar surface area (TPSA) is 93.1 Å². The minimum atomic E-state index is -1.00. The maximum atomic E-state index is 11.5. The molecule has 0 fully saturated rings. The highest BCUT2D eigenvalue weighted by atomic mass is 16.5. The van der Waals surface area contributed by atoms with Crippen LogP contribution in [0.3, 0.4) is 0 Å². The largest absolute Gasteiger partial charge is 0.478 e. The molecule has 5 rings (SSSR count). The molecule has 0 spiro atoms. The highest BCUT2D eigenvalue weighted by Gasteiger charge is 2.34. The first-order chi connectivity index (χ1) is 12.5. The molecule has 2 N–H and O–H groups in total. The molecule has 0 amide bonds. The zero-order chi connectivity index (χ0) is 18.0. The van der Waals surface area contributed by atoms with Crippen LogP contribution in [0.25, 0.3) is 21.5 Å². The van der Waals surface area contributed by atoms with Crippen LogP contribution >= 0.6 is 0 Å². The summed E-state index contributed by atoms with van der Waals surface area (Å²) in [6.07, 6.45) is -1.37. The SMILES string of the molecule is O=C(O)C1Cc2cccc3c4c5c(cccc5c(c23)O1)CC(C(=O)O)O4. The maximum absolute atomic E-state index is 11.5. The third-order valence-electron chi connectivity index (χ3n) is 5.13. The van der Waals surface area contributed by atoms with Crippen molar-refractivity contribution in [3.8, 4) is 11.5 Å². The van der Waals surface area contributed by atoms with E-state index < -0.39 is 24.1 Å². The van der Waals surface area contributed by atoms with Gasteiger partial charge < -0.3 is 19.7 Å². The molecule has 6 heteroatoms. The Morgan fingerprint density at radius 3 is 1.58 bits per heavy atom. The van der Waals surface area contributed by atoms with Gasteiger partial charge in [-0.2, -0.15) is 0 Å². The van der Waals surface area contributed by atoms with Gasteiger partial charge in [0.05, 0.1) is 0 Å². The summed E-state index contributed by atoms with van der Waals surface area (Å²) in [5, 5.41) is 22.0. The van der Waals surface area contributed by atoms with Crippen LogP contribution in [0, 0.1) is 0 Å². The van der Waals surface area contributed by atoms with Crippen molar-refractivity contribution < 1.29 is 29.3 Å². The Balaban J connectivity index is 1.89. The summed E-state index contributed by atoms with van der Waals surface area (Å²) in [6, 6.07) is 11.2. The first kappa shape index (κ1) is 15.0. The maximum Gasteiger partial charge on any atom is 0.345 e. The summed E-state index contributed by atoms with van der Waals surface area (Å²) >= 11 is 0. The number of benzene rings is 3. The molecule has 2 heterocycles. The van der Waals surface area contributed by atoms with Gasteiger partial charge in [-0.05, 0) is 11.1 Å². The predicted octanol–water partition coefficient (Wildman–Crippen LogP) is 2.77. The van der Waals surface area contributed by atoms with Crippen LogP contribution in [-0.2, 0) is 22.4 Å². The second kappa shape index (κ2) is 5.11. The Morgan fingerprint density at radius 1 is 0.769 bits per heavy atom. The van der Waals surface area contributed by atoms with E-state index >= 15 is 0 Å². The summed E-state index contributed by atoms with van der Waals surface area (Å²) in [4.78, 5) is 23.0. The van der Waals surface area contributed by atoms with Gasteiger partial charge in [0.2, 0.25) is 0 Å². The number of fused-ring (bicyclic) bond motifs is 2. The fourth-order valence-corrected chi connectivity index (χ4v) is 4.01. The molecule has 130 valence electrons. The Kier molecular flexibility index (Phi) is 2.95. The van der Waals surface area contributed by atoms with Gasteiger partial charge in [0, 0.05) is 34.4 Å². The number of carboxylic acids is 2. The molecule has 2 aliphatic rings. The molecular weight excluding hydrogens is 336 g/mol. The summed E-state index contributed by atoms with van der Waals surface area (Å²) in [5.74, 6) is -0.940. The van der Waals surface area contributed by atoms with Gasteiger partial charge >= 0.3 is 11.9 Å². The molecule has 0 saturated heterocycles. The number of carbonyl (C=O) groups is 2. The van der Waals surface area contributed by atoms with E-state index in [0.717, 1.165) is 32.7 Å². The van der Waals surface area contributed by atoms with Crippen LogP contribution in [0.1, 0.15) is 11.1 Å². The Labute approximate surface area is 147 Å². The summed E-state index contributed by atoms with van der Waals surface area (Å²) < 4.78 is 11.7. The van der Waals surface area contributed by atoms with E-state index in [0.29, 0.717) is 11.5 Å². The molecule has 2 unspecified atom stereocenters. The summed E-state index contributed by atoms with van der Waals surface area (Å²) in [5.41, 5.74) is 1.72. The standard InChI is InChI=1S/C20H14O6/c21-19(22)13-7-9-3-1-5-11-15(9)18(26-13)12-6-2-4-10-8-14(20(23)24)25-17(11)16(10)12/h1-6,13-14H,7-8H2,(H,21,22)(H,23,24). The molecule has 0 saturated carbocycles. The highest BCUT2D eigenvalue weighted by Crippen LogP contribution is 2.49. The monoisotopic (exact) mass is 350 g/mol. The van der Waals surface area contributed by atoms with Gasteiger partial charge in [-0.3, -0.25) is 0 Å². The molecule has 6 nitrogen and oxygen atoms in total. The quantitative estimate of drug-likeness (QED) is 0.691. The molecule has 3 aromatic rings. The number of hydrogen-bond donors (Lipinski definition) is 2. The molecule has 0 aliphatic carbocycles. The van der Waals surface area contributed by atoms with E-state index in [1.54, 1.807) is 0 Å². The van der Waals surface area contributed by atoms with Crippen LogP contribution in [0.4, 0.5) is 0 Å². The van der Waals surface area contributed by atoms with Gasteiger partial charge in [0.1, 0.15) is 11.5 Å². The van der Waals surface area contributed by atoms with Crippen molar-refractivity contribution in [3.63, 3.8) is 0 Å². The normalized spacial score (nSPS) is 20.5. The zero-order valence-electron chi connectivity index (χ0n) is 13.6. The fraction of sp³-hybridized carbons (Fsp3) is 0.200. The first-order valence-corrected chi connectivity index (χ1v) is 8.32.